The number of para-hydroxylation sites is 2. The molecule has 9 heteroatoms. The average molecular weight is 346 g/mol. The standard InChI is InChI=1S/C15H17F3N2O4/c1-19(10-15(16,17)18)8-9-23-13(21)6-7-20-11-4-2-3-5-12(11)24-14(20)22/h2-5H,6-10H2,1H3. The van der Waals surface area contributed by atoms with Crippen molar-refractivity contribution in [1.29, 1.82) is 0 Å². The molecule has 0 bridgehead atoms. The predicted octanol–water partition coefficient (Wildman–Crippen LogP) is 2.02. The fourth-order valence-electron chi connectivity index (χ4n) is 2.20. The number of rotatable bonds is 7. The van der Waals surface area contributed by atoms with Gasteiger partial charge in [-0.25, -0.2) is 4.79 Å². The lowest BCUT2D eigenvalue weighted by molar-refractivity contribution is -0.149. The maximum absolute atomic E-state index is 12.1. The first-order valence-electron chi connectivity index (χ1n) is 7.25. The SMILES string of the molecule is CN(CCOC(=O)CCn1c(=O)oc2ccccc21)CC(F)(F)F. The third-order valence-electron chi connectivity index (χ3n) is 3.30. The largest absolute Gasteiger partial charge is 0.464 e. The predicted molar refractivity (Wildman–Crippen MR) is 79.6 cm³/mol. The molecule has 2 aromatic rings. The summed E-state index contributed by atoms with van der Waals surface area (Å²) in [5.74, 6) is -1.17. The van der Waals surface area contributed by atoms with E-state index in [1.165, 1.54) is 11.6 Å². The highest BCUT2D eigenvalue weighted by Crippen LogP contribution is 2.15. The fourth-order valence-corrected chi connectivity index (χ4v) is 2.20. The van der Waals surface area contributed by atoms with E-state index in [0.717, 1.165) is 4.90 Å². The fraction of sp³-hybridized carbons (Fsp3) is 0.467. The zero-order valence-corrected chi connectivity index (χ0v) is 13.0. The van der Waals surface area contributed by atoms with Crippen LogP contribution in [0.25, 0.3) is 11.1 Å². The van der Waals surface area contributed by atoms with Gasteiger partial charge in [-0.2, -0.15) is 13.2 Å². The smallest absolute Gasteiger partial charge is 0.419 e. The number of benzene rings is 1. The van der Waals surface area contributed by atoms with Crippen molar-refractivity contribution < 1.29 is 27.1 Å². The van der Waals surface area contributed by atoms with Crippen molar-refractivity contribution in [2.75, 3.05) is 26.7 Å². The van der Waals surface area contributed by atoms with Gasteiger partial charge in [0.1, 0.15) is 6.61 Å². The number of hydrogen-bond acceptors (Lipinski definition) is 5. The van der Waals surface area contributed by atoms with Gasteiger partial charge in [0, 0.05) is 13.1 Å². The molecule has 0 radical (unpaired) electrons. The third-order valence-corrected chi connectivity index (χ3v) is 3.30. The van der Waals surface area contributed by atoms with Crippen LogP contribution in [0.3, 0.4) is 0 Å². The Morgan fingerprint density at radius 2 is 2.04 bits per heavy atom. The minimum atomic E-state index is -4.29. The molecule has 132 valence electrons. The number of aryl methyl sites for hydroxylation is 1. The number of oxazole rings is 1. The molecule has 24 heavy (non-hydrogen) atoms. The molecule has 6 nitrogen and oxygen atoms in total. The number of carbonyl (C=O) groups is 1. The quantitative estimate of drug-likeness (QED) is 0.718. The summed E-state index contributed by atoms with van der Waals surface area (Å²) in [6, 6.07) is 6.80. The first-order valence-corrected chi connectivity index (χ1v) is 7.25. The molecule has 1 heterocycles. The van der Waals surface area contributed by atoms with Crippen molar-refractivity contribution in [2.45, 2.75) is 19.1 Å². The monoisotopic (exact) mass is 346 g/mol. The summed E-state index contributed by atoms with van der Waals surface area (Å²) in [4.78, 5) is 24.4. The Hall–Kier alpha value is -2.29. The number of aromatic nitrogens is 1. The molecule has 0 atom stereocenters. The van der Waals surface area contributed by atoms with E-state index in [-0.39, 0.29) is 26.1 Å². The Bertz CT molecular complexity index is 751. The molecule has 0 fully saturated rings. The van der Waals surface area contributed by atoms with Gasteiger partial charge in [0.25, 0.3) is 0 Å². The molecule has 0 aliphatic carbocycles. The van der Waals surface area contributed by atoms with E-state index in [0.29, 0.717) is 11.1 Å². The number of fused-ring (bicyclic) bond motifs is 1. The van der Waals surface area contributed by atoms with Gasteiger partial charge in [0.2, 0.25) is 0 Å². The number of esters is 1. The van der Waals surface area contributed by atoms with Gasteiger partial charge in [-0.05, 0) is 19.2 Å². The van der Waals surface area contributed by atoms with E-state index in [4.69, 9.17) is 9.15 Å². The zero-order valence-electron chi connectivity index (χ0n) is 13.0. The Balaban J connectivity index is 1.79. The minimum absolute atomic E-state index is 0.0279. The highest BCUT2D eigenvalue weighted by molar-refractivity contribution is 5.73. The molecule has 0 saturated heterocycles. The maximum atomic E-state index is 12.1. The van der Waals surface area contributed by atoms with Crippen LogP contribution in [-0.4, -0.2) is 48.4 Å². The molecule has 1 aromatic carbocycles. The normalized spacial score (nSPS) is 12.0. The van der Waals surface area contributed by atoms with Crippen LogP contribution >= 0.6 is 0 Å². The van der Waals surface area contributed by atoms with Crippen LogP contribution in [0.2, 0.25) is 0 Å². The highest BCUT2D eigenvalue weighted by atomic mass is 19.4. The van der Waals surface area contributed by atoms with Gasteiger partial charge < -0.3 is 9.15 Å². The highest BCUT2D eigenvalue weighted by Gasteiger charge is 2.28. The van der Waals surface area contributed by atoms with Crippen molar-refractivity contribution in [3.8, 4) is 0 Å². The molecule has 0 saturated carbocycles. The van der Waals surface area contributed by atoms with Crippen LogP contribution in [-0.2, 0) is 16.1 Å². The summed E-state index contributed by atoms with van der Waals surface area (Å²) in [6.45, 7) is -1.17. The van der Waals surface area contributed by atoms with Gasteiger partial charge in [-0.3, -0.25) is 14.3 Å². The van der Waals surface area contributed by atoms with E-state index in [9.17, 15) is 22.8 Å². The van der Waals surface area contributed by atoms with Gasteiger partial charge in [-0.15, -0.1) is 0 Å². The lowest BCUT2D eigenvalue weighted by Gasteiger charge is -2.18. The summed E-state index contributed by atoms with van der Waals surface area (Å²) in [5, 5.41) is 0. The molecule has 0 amide bonds. The second-order valence-corrected chi connectivity index (χ2v) is 5.31. The molecule has 0 N–H and O–H groups in total. The summed E-state index contributed by atoms with van der Waals surface area (Å²) in [7, 11) is 1.29. The average Bonchev–Trinajstić information content (AvgIpc) is 2.78. The molecule has 0 aliphatic rings. The molecule has 0 unspecified atom stereocenters. The van der Waals surface area contributed by atoms with Crippen molar-refractivity contribution in [1.82, 2.24) is 9.47 Å². The first-order chi connectivity index (χ1) is 11.3. The van der Waals surface area contributed by atoms with Gasteiger partial charge in [0.15, 0.2) is 5.58 Å². The molecular weight excluding hydrogens is 329 g/mol. The second kappa shape index (κ2) is 7.52. The zero-order chi connectivity index (χ0) is 17.7. The Kier molecular flexibility index (Phi) is 5.66. The van der Waals surface area contributed by atoms with Crippen molar-refractivity contribution in [2.24, 2.45) is 0 Å². The molecule has 0 aliphatic heterocycles. The lowest BCUT2D eigenvalue weighted by Crippen LogP contribution is -2.33. The number of nitrogens with zero attached hydrogens (tertiary/aromatic N) is 2. The van der Waals surface area contributed by atoms with Crippen LogP contribution in [0.1, 0.15) is 6.42 Å². The van der Waals surface area contributed by atoms with Crippen LogP contribution in [0.15, 0.2) is 33.5 Å². The van der Waals surface area contributed by atoms with Crippen LogP contribution in [0.5, 0.6) is 0 Å². The number of ether oxygens (including phenoxy) is 1. The number of hydrogen-bond donors (Lipinski definition) is 0. The molecule has 2 rings (SSSR count). The van der Waals surface area contributed by atoms with Crippen molar-refractivity contribution >= 4 is 17.1 Å². The Morgan fingerprint density at radius 3 is 2.75 bits per heavy atom. The van der Waals surface area contributed by atoms with Crippen LogP contribution < -0.4 is 5.76 Å². The van der Waals surface area contributed by atoms with Crippen LogP contribution in [0, 0.1) is 0 Å². The minimum Gasteiger partial charge on any atom is -0.464 e. The van der Waals surface area contributed by atoms with E-state index in [1.807, 2.05) is 0 Å². The maximum Gasteiger partial charge on any atom is 0.419 e. The number of halogens is 3. The second-order valence-electron chi connectivity index (χ2n) is 5.31. The van der Waals surface area contributed by atoms with E-state index in [1.54, 1.807) is 24.3 Å². The summed E-state index contributed by atoms with van der Waals surface area (Å²) < 4.78 is 47.7. The van der Waals surface area contributed by atoms with E-state index < -0.39 is 24.4 Å². The topological polar surface area (TPSA) is 64.7 Å². The third kappa shape index (κ3) is 5.12. The van der Waals surface area contributed by atoms with Crippen LogP contribution in [0.4, 0.5) is 13.2 Å². The lowest BCUT2D eigenvalue weighted by atomic mass is 10.3. The number of likely N-dealkylation sites (N-methyl/N-ethyl adjacent to an activating group) is 1. The molecular formula is C15H17F3N2O4. The van der Waals surface area contributed by atoms with Crippen molar-refractivity contribution in [3.05, 3.63) is 34.8 Å². The number of carbonyl (C=O) groups excluding carboxylic acids is 1. The van der Waals surface area contributed by atoms with Gasteiger partial charge >= 0.3 is 17.9 Å². The first kappa shape index (κ1) is 18.1. The summed E-state index contributed by atoms with van der Waals surface area (Å²) in [6.07, 6.45) is -4.37. The molecule has 0 spiro atoms. The number of alkyl halides is 3. The Labute approximate surface area is 135 Å². The van der Waals surface area contributed by atoms with E-state index in [2.05, 4.69) is 0 Å². The van der Waals surface area contributed by atoms with Gasteiger partial charge in [0.05, 0.1) is 18.5 Å². The summed E-state index contributed by atoms with van der Waals surface area (Å²) >= 11 is 0. The summed E-state index contributed by atoms with van der Waals surface area (Å²) in [5.41, 5.74) is 0.991. The Morgan fingerprint density at radius 1 is 1.33 bits per heavy atom. The molecule has 1 aromatic heterocycles. The van der Waals surface area contributed by atoms with E-state index >= 15 is 0 Å². The van der Waals surface area contributed by atoms with Gasteiger partial charge in [-0.1, -0.05) is 12.1 Å². The van der Waals surface area contributed by atoms with Crippen molar-refractivity contribution in [3.63, 3.8) is 0 Å².